The number of carbonyl (C=O) groups excluding carboxylic acids is 1. The van der Waals surface area contributed by atoms with Crippen molar-refractivity contribution in [3.05, 3.63) is 47.5 Å². The molecule has 2 rings (SSSR count). The Kier molecular flexibility index (Phi) is 10.4. The largest absolute Gasteiger partial charge is 0.465 e. The maximum atomic E-state index is 11.5. The Morgan fingerprint density at radius 2 is 1.96 bits per heavy atom. The van der Waals surface area contributed by atoms with Crippen LogP contribution in [0.25, 0.3) is 0 Å². The highest BCUT2D eigenvalue weighted by Crippen LogP contribution is 2.06. The first-order valence-electron chi connectivity index (χ1n) is 8.74. The number of halogens is 1. The summed E-state index contributed by atoms with van der Waals surface area (Å²) in [4.78, 5) is 16.0. The zero-order valence-corrected chi connectivity index (χ0v) is 18.3. The van der Waals surface area contributed by atoms with E-state index in [2.05, 4.69) is 32.7 Å². The van der Waals surface area contributed by atoms with E-state index < -0.39 is 0 Å². The van der Waals surface area contributed by atoms with Crippen molar-refractivity contribution in [2.24, 2.45) is 4.99 Å². The second kappa shape index (κ2) is 12.3. The van der Waals surface area contributed by atoms with Gasteiger partial charge in [0, 0.05) is 26.1 Å². The first-order chi connectivity index (χ1) is 12.7. The number of nitrogens with zero attached hydrogens (tertiary/aromatic N) is 4. The standard InChI is InChI=1S/C18H26N6O2.HI/c1-4-16-23-22-13-24(16)11-10-20-18(19-5-2)21-12-14-6-8-15(9-7-14)17(25)26-3;/h6-9,13H,4-5,10-12H2,1-3H3,(H2,19,20,21);1H. The van der Waals surface area contributed by atoms with Crippen LogP contribution in [-0.2, 0) is 24.2 Å². The van der Waals surface area contributed by atoms with Crippen LogP contribution < -0.4 is 10.6 Å². The van der Waals surface area contributed by atoms with Crippen LogP contribution in [0.15, 0.2) is 35.6 Å². The van der Waals surface area contributed by atoms with Crippen molar-refractivity contribution >= 4 is 35.9 Å². The third-order valence-corrected chi connectivity index (χ3v) is 3.80. The fourth-order valence-electron chi connectivity index (χ4n) is 2.41. The van der Waals surface area contributed by atoms with Crippen molar-refractivity contribution in [1.29, 1.82) is 0 Å². The molecular formula is C18H27IN6O2. The van der Waals surface area contributed by atoms with Crippen LogP contribution in [0.4, 0.5) is 0 Å². The van der Waals surface area contributed by atoms with E-state index in [-0.39, 0.29) is 29.9 Å². The number of nitrogens with one attached hydrogen (secondary N) is 2. The second-order valence-corrected chi connectivity index (χ2v) is 5.60. The van der Waals surface area contributed by atoms with Gasteiger partial charge in [0.25, 0.3) is 0 Å². The van der Waals surface area contributed by atoms with Crippen LogP contribution in [0.1, 0.15) is 35.6 Å². The van der Waals surface area contributed by atoms with Gasteiger partial charge in [0.05, 0.1) is 19.2 Å². The van der Waals surface area contributed by atoms with Gasteiger partial charge >= 0.3 is 5.97 Å². The highest BCUT2D eigenvalue weighted by atomic mass is 127. The van der Waals surface area contributed by atoms with E-state index in [1.54, 1.807) is 18.5 Å². The van der Waals surface area contributed by atoms with Crippen molar-refractivity contribution in [3.8, 4) is 0 Å². The quantitative estimate of drug-likeness (QED) is 0.257. The van der Waals surface area contributed by atoms with Crippen LogP contribution in [0.3, 0.4) is 0 Å². The molecular weight excluding hydrogens is 459 g/mol. The maximum Gasteiger partial charge on any atom is 0.337 e. The number of methoxy groups -OCH3 is 1. The van der Waals surface area contributed by atoms with E-state index in [1.165, 1.54) is 7.11 Å². The number of rotatable bonds is 8. The smallest absolute Gasteiger partial charge is 0.337 e. The Balaban J connectivity index is 0.00000364. The number of aliphatic imine (C=N–C) groups is 1. The summed E-state index contributed by atoms with van der Waals surface area (Å²) in [5.74, 6) is 1.38. The topological polar surface area (TPSA) is 93.4 Å². The number of carbonyl (C=O) groups is 1. The lowest BCUT2D eigenvalue weighted by molar-refractivity contribution is 0.0600. The molecule has 0 aliphatic carbocycles. The van der Waals surface area contributed by atoms with E-state index in [0.29, 0.717) is 12.1 Å². The van der Waals surface area contributed by atoms with Gasteiger partial charge in [-0.15, -0.1) is 34.2 Å². The molecule has 8 nitrogen and oxygen atoms in total. The first-order valence-corrected chi connectivity index (χ1v) is 8.74. The molecule has 0 spiro atoms. The molecule has 1 heterocycles. The molecule has 0 unspecified atom stereocenters. The van der Waals surface area contributed by atoms with Gasteiger partial charge in [-0.25, -0.2) is 9.79 Å². The summed E-state index contributed by atoms with van der Waals surface area (Å²) in [7, 11) is 1.37. The van der Waals surface area contributed by atoms with E-state index in [1.807, 2.05) is 23.6 Å². The predicted octanol–water partition coefficient (Wildman–Crippen LogP) is 2.00. The lowest BCUT2D eigenvalue weighted by atomic mass is 10.1. The minimum absolute atomic E-state index is 0. The SMILES string of the molecule is CCNC(=NCc1ccc(C(=O)OC)cc1)NCCn1cnnc1CC.I. The van der Waals surface area contributed by atoms with Crippen LogP contribution in [0.5, 0.6) is 0 Å². The molecule has 0 aliphatic rings. The fourth-order valence-corrected chi connectivity index (χ4v) is 2.41. The van der Waals surface area contributed by atoms with Crippen molar-refractivity contribution in [3.63, 3.8) is 0 Å². The lowest BCUT2D eigenvalue weighted by Gasteiger charge is -2.12. The summed E-state index contributed by atoms with van der Waals surface area (Å²) in [6, 6.07) is 7.25. The molecule has 1 aromatic heterocycles. The molecule has 27 heavy (non-hydrogen) atoms. The summed E-state index contributed by atoms with van der Waals surface area (Å²) in [5, 5.41) is 14.5. The van der Waals surface area contributed by atoms with Gasteiger partial charge in [-0.3, -0.25) is 0 Å². The minimum atomic E-state index is -0.338. The Hall–Kier alpha value is -2.17. The molecule has 2 N–H and O–H groups in total. The summed E-state index contributed by atoms with van der Waals surface area (Å²) >= 11 is 0. The van der Waals surface area contributed by atoms with E-state index >= 15 is 0 Å². The number of hydrogen-bond acceptors (Lipinski definition) is 5. The Labute approximate surface area is 176 Å². The Morgan fingerprint density at radius 3 is 2.59 bits per heavy atom. The molecule has 9 heteroatoms. The monoisotopic (exact) mass is 486 g/mol. The number of ether oxygens (including phenoxy) is 1. The number of aryl methyl sites for hydroxylation is 1. The Morgan fingerprint density at radius 1 is 1.22 bits per heavy atom. The fraction of sp³-hybridized carbons (Fsp3) is 0.444. The number of esters is 1. The molecule has 1 aromatic carbocycles. The summed E-state index contributed by atoms with van der Waals surface area (Å²) < 4.78 is 6.73. The van der Waals surface area contributed by atoms with Gasteiger partial charge in [0.15, 0.2) is 5.96 Å². The summed E-state index contributed by atoms with van der Waals surface area (Å²) in [5.41, 5.74) is 1.55. The van der Waals surface area contributed by atoms with E-state index in [4.69, 9.17) is 4.74 Å². The molecule has 0 saturated carbocycles. The molecule has 0 amide bonds. The number of benzene rings is 1. The summed E-state index contributed by atoms with van der Waals surface area (Å²) in [6.07, 6.45) is 2.60. The predicted molar refractivity (Wildman–Crippen MR) is 115 cm³/mol. The number of hydrogen-bond donors (Lipinski definition) is 2. The van der Waals surface area contributed by atoms with Crippen LogP contribution in [-0.4, -0.2) is 46.9 Å². The van der Waals surface area contributed by atoms with Crippen LogP contribution in [0, 0.1) is 0 Å². The molecule has 0 radical (unpaired) electrons. The molecule has 0 fully saturated rings. The molecule has 0 bridgehead atoms. The van der Waals surface area contributed by atoms with Crippen LogP contribution in [0.2, 0.25) is 0 Å². The average Bonchev–Trinajstić information content (AvgIpc) is 3.13. The van der Waals surface area contributed by atoms with E-state index in [9.17, 15) is 4.79 Å². The summed E-state index contributed by atoms with van der Waals surface area (Å²) in [6.45, 7) is 6.87. The zero-order chi connectivity index (χ0) is 18.8. The highest BCUT2D eigenvalue weighted by molar-refractivity contribution is 14.0. The third-order valence-electron chi connectivity index (χ3n) is 3.80. The van der Waals surface area contributed by atoms with Crippen molar-refractivity contribution < 1.29 is 9.53 Å². The maximum absolute atomic E-state index is 11.5. The molecule has 0 atom stereocenters. The van der Waals surface area contributed by atoms with Gasteiger partial charge in [0.1, 0.15) is 12.2 Å². The molecule has 148 valence electrons. The first kappa shape index (κ1) is 22.9. The third kappa shape index (κ3) is 7.16. The van der Waals surface area contributed by atoms with Gasteiger partial charge in [-0.05, 0) is 24.6 Å². The van der Waals surface area contributed by atoms with Gasteiger partial charge < -0.3 is 19.9 Å². The van der Waals surface area contributed by atoms with Gasteiger partial charge in [0.2, 0.25) is 0 Å². The van der Waals surface area contributed by atoms with Gasteiger partial charge in [-0.2, -0.15) is 0 Å². The number of guanidine groups is 1. The lowest BCUT2D eigenvalue weighted by Crippen LogP contribution is -2.38. The highest BCUT2D eigenvalue weighted by Gasteiger charge is 2.05. The average molecular weight is 486 g/mol. The van der Waals surface area contributed by atoms with E-state index in [0.717, 1.165) is 43.4 Å². The molecule has 0 saturated heterocycles. The van der Waals surface area contributed by atoms with Crippen molar-refractivity contribution in [2.45, 2.75) is 33.4 Å². The molecule has 2 aromatic rings. The Bertz CT molecular complexity index is 730. The minimum Gasteiger partial charge on any atom is -0.465 e. The van der Waals surface area contributed by atoms with Crippen molar-refractivity contribution in [1.82, 2.24) is 25.4 Å². The van der Waals surface area contributed by atoms with Crippen LogP contribution >= 0.6 is 24.0 Å². The normalized spacial score (nSPS) is 10.9. The zero-order valence-electron chi connectivity index (χ0n) is 15.9. The van der Waals surface area contributed by atoms with Gasteiger partial charge in [-0.1, -0.05) is 19.1 Å². The second-order valence-electron chi connectivity index (χ2n) is 5.60. The van der Waals surface area contributed by atoms with Crippen molar-refractivity contribution in [2.75, 3.05) is 20.2 Å². The molecule has 0 aliphatic heterocycles. The number of aromatic nitrogens is 3.